The first-order valence-corrected chi connectivity index (χ1v) is 10.4. The van der Waals surface area contributed by atoms with E-state index in [0.717, 1.165) is 31.3 Å². The standard InChI is InChI=1S/C24H28FNO/c1-23-10-8-20-17(13-22(25)21-12-16(27)7-9-24(20,21)2)19(23)6-5-18(23)15-4-3-11-26-14-15/h3-5,11-12,14,17,19-20,22H,6-10,13H2,1-2H3. The summed E-state index contributed by atoms with van der Waals surface area (Å²) in [5, 5.41) is 0. The number of carbonyl (C=O) groups excluding carboxylic acids is 1. The van der Waals surface area contributed by atoms with Crippen molar-refractivity contribution in [2.45, 2.75) is 58.5 Å². The second-order valence-electron chi connectivity index (χ2n) is 9.61. The van der Waals surface area contributed by atoms with Crippen LogP contribution >= 0.6 is 0 Å². The molecule has 0 bridgehead atoms. The molecule has 4 aliphatic rings. The fourth-order valence-corrected chi connectivity index (χ4v) is 7.10. The lowest BCUT2D eigenvalue weighted by Crippen LogP contribution is -2.52. The molecule has 0 aliphatic heterocycles. The van der Waals surface area contributed by atoms with E-state index < -0.39 is 6.17 Å². The van der Waals surface area contributed by atoms with Gasteiger partial charge in [0.1, 0.15) is 6.17 Å². The fourth-order valence-electron chi connectivity index (χ4n) is 7.10. The number of carbonyl (C=O) groups is 1. The van der Waals surface area contributed by atoms with Gasteiger partial charge in [0.2, 0.25) is 0 Å². The molecule has 1 heterocycles. The molecule has 6 unspecified atom stereocenters. The number of hydrogen-bond donors (Lipinski definition) is 0. The third-order valence-corrected chi connectivity index (χ3v) is 8.49. The van der Waals surface area contributed by atoms with Gasteiger partial charge in [0.15, 0.2) is 5.78 Å². The molecule has 142 valence electrons. The Morgan fingerprint density at radius 2 is 2.04 bits per heavy atom. The van der Waals surface area contributed by atoms with Gasteiger partial charge in [-0.3, -0.25) is 9.78 Å². The Bertz CT molecular complexity index is 843. The minimum absolute atomic E-state index is 0.116. The van der Waals surface area contributed by atoms with Crippen LogP contribution in [0.15, 0.2) is 42.3 Å². The summed E-state index contributed by atoms with van der Waals surface area (Å²) in [5.41, 5.74) is 3.44. The zero-order valence-electron chi connectivity index (χ0n) is 16.2. The molecule has 2 saturated carbocycles. The lowest BCUT2D eigenvalue weighted by molar-refractivity contribution is -0.117. The molecule has 1 aromatic heterocycles. The van der Waals surface area contributed by atoms with Crippen molar-refractivity contribution in [3.05, 3.63) is 47.8 Å². The summed E-state index contributed by atoms with van der Waals surface area (Å²) in [6.07, 6.45) is 12.2. The van der Waals surface area contributed by atoms with Crippen molar-refractivity contribution in [2.75, 3.05) is 0 Å². The minimum Gasteiger partial charge on any atom is -0.295 e. The number of alkyl halides is 1. The smallest absolute Gasteiger partial charge is 0.155 e. The van der Waals surface area contributed by atoms with E-state index in [1.54, 1.807) is 6.08 Å². The van der Waals surface area contributed by atoms with Gasteiger partial charge in [0.05, 0.1) is 0 Å². The summed E-state index contributed by atoms with van der Waals surface area (Å²) in [7, 11) is 0. The molecular weight excluding hydrogens is 337 g/mol. The first kappa shape index (κ1) is 17.3. The molecule has 3 heteroatoms. The molecular formula is C24H28FNO. The summed E-state index contributed by atoms with van der Waals surface area (Å²) in [6, 6.07) is 4.17. The zero-order chi connectivity index (χ0) is 18.8. The van der Waals surface area contributed by atoms with Crippen LogP contribution in [0.1, 0.15) is 57.9 Å². The first-order chi connectivity index (χ1) is 12.9. The molecule has 0 N–H and O–H groups in total. The first-order valence-electron chi connectivity index (χ1n) is 10.4. The summed E-state index contributed by atoms with van der Waals surface area (Å²) in [4.78, 5) is 16.3. The Morgan fingerprint density at radius 3 is 2.81 bits per heavy atom. The molecule has 4 aliphatic carbocycles. The number of hydrogen-bond acceptors (Lipinski definition) is 2. The van der Waals surface area contributed by atoms with Crippen LogP contribution in [0.2, 0.25) is 0 Å². The van der Waals surface area contributed by atoms with E-state index in [9.17, 15) is 4.79 Å². The normalized spacial score (nSPS) is 43.3. The van der Waals surface area contributed by atoms with E-state index in [2.05, 4.69) is 31.0 Å². The Balaban J connectivity index is 1.51. The van der Waals surface area contributed by atoms with Crippen molar-refractivity contribution in [3.8, 4) is 0 Å². The van der Waals surface area contributed by atoms with Crippen LogP contribution in [0, 0.1) is 28.6 Å². The third-order valence-electron chi connectivity index (χ3n) is 8.49. The summed E-state index contributed by atoms with van der Waals surface area (Å²) in [6.45, 7) is 4.63. The molecule has 0 spiro atoms. The van der Waals surface area contributed by atoms with Crippen molar-refractivity contribution in [3.63, 3.8) is 0 Å². The van der Waals surface area contributed by atoms with Gasteiger partial charge >= 0.3 is 0 Å². The molecule has 6 atom stereocenters. The largest absolute Gasteiger partial charge is 0.295 e. The number of allylic oxidation sites excluding steroid dienone is 4. The van der Waals surface area contributed by atoms with Crippen LogP contribution in [0.25, 0.3) is 5.57 Å². The van der Waals surface area contributed by atoms with Gasteiger partial charge in [0.25, 0.3) is 0 Å². The molecule has 2 nitrogen and oxygen atoms in total. The van der Waals surface area contributed by atoms with Crippen molar-refractivity contribution in [1.82, 2.24) is 4.98 Å². The minimum atomic E-state index is -0.953. The van der Waals surface area contributed by atoms with Crippen LogP contribution in [-0.2, 0) is 4.79 Å². The maximum Gasteiger partial charge on any atom is 0.155 e. The van der Waals surface area contributed by atoms with Gasteiger partial charge in [-0.15, -0.1) is 0 Å². The highest BCUT2D eigenvalue weighted by Crippen LogP contribution is 2.66. The van der Waals surface area contributed by atoms with Gasteiger partial charge in [-0.1, -0.05) is 26.0 Å². The molecule has 0 radical (unpaired) electrons. The highest BCUT2D eigenvalue weighted by molar-refractivity contribution is 5.92. The topological polar surface area (TPSA) is 30.0 Å². The maximum absolute atomic E-state index is 15.3. The maximum atomic E-state index is 15.3. The van der Waals surface area contributed by atoms with E-state index in [4.69, 9.17) is 0 Å². The van der Waals surface area contributed by atoms with Gasteiger partial charge in [-0.25, -0.2) is 4.39 Å². The number of halogens is 1. The fraction of sp³-hybridized carbons (Fsp3) is 0.583. The van der Waals surface area contributed by atoms with Crippen molar-refractivity contribution >= 4 is 11.4 Å². The lowest BCUT2D eigenvalue weighted by Gasteiger charge is -2.58. The number of rotatable bonds is 1. The van der Waals surface area contributed by atoms with Crippen molar-refractivity contribution in [1.29, 1.82) is 0 Å². The Kier molecular flexibility index (Phi) is 3.76. The Labute approximate surface area is 161 Å². The predicted octanol–water partition coefficient (Wildman–Crippen LogP) is 5.55. The monoisotopic (exact) mass is 365 g/mol. The highest BCUT2D eigenvalue weighted by atomic mass is 19.1. The number of aromatic nitrogens is 1. The van der Waals surface area contributed by atoms with E-state index in [1.165, 1.54) is 11.1 Å². The lowest BCUT2D eigenvalue weighted by atomic mass is 9.46. The average Bonchev–Trinajstić information content (AvgIpc) is 3.01. The molecule has 0 aromatic carbocycles. The second-order valence-corrected chi connectivity index (χ2v) is 9.61. The average molecular weight is 365 g/mol. The summed E-state index contributed by atoms with van der Waals surface area (Å²) < 4.78 is 15.3. The van der Waals surface area contributed by atoms with Crippen LogP contribution < -0.4 is 0 Å². The number of pyridine rings is 1. The number of fused-ring (bicyclic) bond motifs is 5. The van der Waals surface area contributed by atoms with E-state index in [0.29, 0.717) is 30.6 Å². The molecule has 5 rings (SSSR count). The molecule has 2 fully saturated rings. The van der Waals surface area contributed by atoms with E-state index >= 15 is 4.39 Å². The van der Waals surface area contributed by atoms with Crippen LogP contribution in [0.5, 0.6) is 0 Å². The highest BCUT2D eigenvalue weighted by Gasteiger charge is 2.59. The second kappa shape index (κ2) is 5.86. The quantitative estimate of drug-likeness (QED) is 0.652. The van der Waals surface area contributed by atoms with Gasteiger partial charge in [-0.2, -0.15) is 0 Å². The molecule has 0 amide bonds. The van der Waals surface area contributed by atoms with Crippen LogP contribution in [-0.4, -0.2) is 16.9 Å². The predicted molar refractivity (Wildman–Crippen MR) is 105 cm³/mol. The molecule has 27 heavy (non-hydrogen) atoms. The zero-order valence-corrected chi connectivity index (χ0v) is 16.2. The van der Waals surface area contributed by atoms with Crippen molar-refractivity contribution < 1.29 is 9.18 Å². The Morgan fingerprint density at radius 1 is 1.19 bits per heavy atom. The molecule has 1 aromatic rings. The van der Waals surface area contributed by atoms with E-state index in [-0.39, 0.29) is 16.6 Å². The summed E-state index contributed by atoms with van der Waals surface area (Å²) >= 11 is 0. The molecule has 0 saturated heterocycles. The van der Waals surface area contributed by atoms with Crippen LogP contribution in [0.3, 0.4) is 0 Å². The third kappa shape index (κ3) is 2.36. The van der Waals surface area contributed by atoms with Gasteiger partial charge in [0, 0.05) is 18.8 Å². The number of nitrogens with zero attached hydrogens (tertiary/aromatic N) is 1. The van der Waals surface area contributed by atoms with E-state index in [1.807, 2.05) is 18.5 Å². The Hall–Kier alpha value is -1.77. The SMILES string of the molecule is CC12CCC3C(CC(F)C4=CC(=O)CCC43C)C1CC=C2c1cccnc1. The van der Waals surface area contributed by atoms with Gasteiger partial charge in [-0.05, 0) is 89.5 Å². The van der Waals surface area contributed by atoms with Gasteiger partial charge < -0.3 is 0 Å². The van der Waals surface area contributed by atoms with Crippen LogP contribution in [0.4, 0.5) is 4.39 Å². The number of ketones is 1. The summed E-state index contributed by atoms with van der Waals surface area (Å²) in [5.74, 6) is 1.52. The van der Waals surface area contributed by atoms with Crippen molar-refractivity contribution in [2.24, 2.45) is 28.6 Å².